The fourth-order valence-corrected chi connectivity index (χ4v) is 4.25. The molecule has 2 atom stereocenters. The van der Waals surface area contributed by atoms with Gasteiger partial charge in [0.2, 0.25) is 0 Å². The molecule has 1 spiro atoms. The first-order valence-corrected chi connectivity index (χ1v) is 8.48. The number of hydrogen-bond acceptors (Lipinski definition) is 3. The van der Waals surface area contributed by atoms with Crippen LogP contribution in [0.25, 0.3) is 0 Å². The van der Waals surface area contributed by atoms with E-state index < -0.39 is 0 Å². The summed E-state index contributed by atoms with van der Waals surface area (Å²) in [7, 11) is 0. The molecular formula is C18H25NO2. The van der Waals surface area contributed by atoms with Crippen LogP contribution in [0.1, 0.15) is 56.6 Å². The Labute approximate surface area is 127 Å². The second kappa shape index (κ2) is 5.62. The Morgan fingerprint density at radius 2 is 1.95 bits per heavy atom. The molecule has 114 valence electrons. The van der Waals surface area contributed by atoms with Crippen LogP contribution in [0, 0.1) is 0 Å². The first-order chi connectivity index (χ1) is 10.3. The lowest BCUT2D eigenvalue weighted by atomic mass is 9.98. The molecule has 3 heteroatoms. The maximum Gasteiger partial charge on any atom is 0.124 e. The molecule has 2 fully saturated rings. The van der Waals surface area contributed by atoms with Crippen LogP contribution in [0.15, 0.2) is 24.3 Å². The molecule has 2 unspecified atom stereocenters. The van der Waals surface area contributed by atoms with Crippen molar-refractivity contribution in [2.24, 2.45) is 0 Å². The smallest absolute Gasteiger partial charge is 0.124 e. The molecule has 1 aromatic carbocycles. The van der Waals surface area contributed by atoms with Gasteiger partial charge in [-0.15, -0.1) is 0 Å². The average molecular weight is 287 g/mol. The highest BCUT2D eigenvalue weighted by Crippen LogP contribution is 2.43. The molecule has 4 rings (SSSR count). The highest BCUT2D eigenvalue weighted by atomic mass is 16.5. The number of fused-ring (bicyclic) bond motifs is 1. The monoisotopic (exact) mass is 287 g/mol. The largest absolute Gasteiger partial charge is 0.493 e. The molecule has 1 aliphatic carbocycles. The van der Waals surface area contributed by atoms with Crippen molar-refractivity contribution in [3.8, 4) is 5.75 Å². The number of para-hydroxylation sites is 1. The molecule has 0 amide bonds. The number of benzene rings is 1. The van der Waals surface area contributed by atoms with Crippen LogP contribution in [0.5, 0.6) is 5.75 Å². The van der Waals surface area contributed by atoms with Crippen molar-refractivity contribution in [3.63, 3.8) is 0 Å². The number of hydrogen-bond donors (Lipinski definition) is 1. The van der Waals surface area contributed by atoms with Crippen molar-refractivity contribution in [1.82, 2.24) is 5.32 Å². The minimum Gasteiger partial charge on any atom is -0.493 e. The summed E-state index contributed by atoms with van der Waals surface area (Å²) in [4.78, 5) is 0. The standard InChI is InChI=1S/C18H25NO2/c1-2-6-17-15(5-1)16(8-12-20-17)19-13-14-7-11-18(21-14)9-3-4-10-18/h1-2,5-6,14,16,19H,3-4,7-13H2. The third kappa shape index (κ3) is 2.69. The second-order valence-corrected chi connectivity index (χ2v) is 6.80. The van der Waals surface area contributed by atoms with E-state index in [0.717, 1.165) is 25.3 Å². The fraction of sp³-hybridized carbons (Fsp3) is 0.667. The van der Waals surface area contributed by atoms with Gasteiger partial charge in [-0.1, -0.05) is 31.0 Å². The highest BCUT2D eigenvalue weighted by Gasteiger charge is 2.42. The summed E-state index contributed by atoms with van der Waals surface area (Å²) >= 11 is 0. The van der Waals surface area contributed by atoms with E-state index in [9.17, 15) is 0 Å². The zero-order valence-electron chi connectivity index (χ0n) is 12.6. The number of ether oxygens (including phenoxy) is 2. The first kappa shape index (κ1) is 13.6. The van der Waals surface area contributed by atoms with Gasteiger partial charge in [-0.3, -0.25) is 0 Å². The first-order valence-electron chi connectivity index (χ1n) is 8.48. The van der Waals surface area contributed by atoms with Gasteiger partial charge in [0.25, 0.3) is 0 Å². The average Bonchev–Trinajstić information content (AvgIpc) is 3.15. The molecule has 2 aliphatic heterocycles. The van der Waals surface area contributed by atoms with E-state index in [-0.39, 0.29) is 5.60 Å². The van der Waals surface area contributed by atoms with Gasteiger partial charge >= 0.3 is 0 Å². The molecular weight excluding hydrogens is 262 g/mol. The summed E-state index contributed by atoms with van der Waals surface area (Å²) in [6, 6.07) is 8.81. The van der Waals surface area contributed by atoms with E-state index in [0.29, 0.717) is 12.1 Å². The van der Waals surface area contributed by atoms with Gasteiger partial charge in [0, 0.05) is 24.6 Å². The lowest BCUT2D eigenvalue weighted by Crippen LogP contribution is -2.35. The predicted molar refractivity (Wildman–Crippen MR) is 82.6 cm³/mol. The highest BCUT2D eigenvalue weighted by molar-refractivity contribution is 5.37. The summed E-state index contributed by atoms with van der Waals surface area (Å²) < 4.78 is 12.1. The van der Waals surface area contributed by atoms with E-state index in [2.05, 4.69) is 23.5 Å². The van der Waals surface area contributed by atoms with Crippen molar-refractivity contribution in [1.29, 1.82) is 0 Å². The minimum absolute atomic E-state index is 0.250. The topological polar surface area (TPSA) is 30.5 Å². The van der Waals surface area contributed by atoms with Gasteiger partial charge in [-0.25, -0.2) is 0 Å². The van der Waals surface area contributed by atoms with Crippen LogP contribution >= 0.6 is 0 Å². The Morgan fingerprint density at radius 1 is 1.10 bits per heavy atom. The summed E-state index contributed by atoms with van der Waals surface area (Å²) in [5.41, 5.74) is 1.55. The number of nitrogens with one attached hydrogen (secondary N) is 1. The summed E-state index contributed by atoms with van der Waals surface area (Å²) in [5.74, 6) is 1.04. The van der Waals surface area contributed by atoms with Crippen molar-refractivity contribution in [2.45, 2.75) is 62.7 Å². The third-order valence-corrected chi connectivity index (χ3v) is 5.40. The Kier molecular flexibility index (Phi) is 3.64. The minimum atomic E-state index is 0.250. The second-order valence-electron chi connectivity index (χ2n) is 6.80. The summed E-state index contributed by atoms with van der Waals surface area (Å²) in [5, 5.41) is 3.72. The van der Waals surface area contributed by atoms with E-state index in [1.54, 1.807) is 0 Å². The Balaban J connectivity index is 1.36. The van der Waals surface area contributed by atoms with Crippen LogP contribution in [0.3, 0.4) is 0 Å². The van der Waals surface area contributed by atoms with Gasteiger partial charge in [-0.05, 0) is 31.7 Å². The van der Waals surface area contributed by atoms with Crippen molar-refractivity contribution in [3.05, 3.63) is 29.8 Å². The van der Waals surface area contributed by atoms with Crippen LogP contribution in [0.4, 0.5) is 0 Å². The molecule has 2 heterocycles. The van der Waals surface area contributed by atoms with Gasteiger partial charge in [-0.2, -0.15) is 0 Å². The van der Waals surface area contributed by atoms with E-state index in [1.807, 2.05) is 6.07 Å². The van der Waals surface area contributed by atoms with E-state index in [1.165, 1.54) is 44.1 Å². The molecule has 0 aromatic heterocycles. The van der Waals surface area contributed by atoms with E-state index in [4.69, 9.17) is 9.47 Å². The van der Waals surface area contributed by atoms with Crippen LogP contribution < -0.4 is 10.1 Å². The van der Waals surface area contributed by atoms with Crippen molar-refractivity contribution in [2.75, 3.05) is 13.2 Å². The molecule has 3 aliphatic rings. The molecule has 0 radical (unpaired) electrons. The Hall–Kier alpha value is -1.06. The Bertz CT molecular complexity index is 496. The lowest BCUT2D eigenvalue weighted by Gasteiger charge is -2.28. The van der Waals surface area contributed by atoms with Crippen molar-refractivity contribution >= 4 is 0 Å². The fourth-order valence-electron chi connectivity index (χ4n) is 4.25. The maximum atomic E-state index is 6.40. The van der Waals surface area contributed by atoms with Crippen LogP contribution in [0.2, 0.25) is 0 Å². The molecule has 1 aromatic rings. The number of rotatable bonds is 3. The van der Waals surface area contributed by atoms with Gasteiger partial charge in [0.05, 0.1) is 18.3 Å². The molecule has 3 nitrogen and oxygen atoms in total. The third-order valence-electron chi connectivity index (χ3n) is 5.40. The molecule has 21 heavy (non-hydrogen) atoms. The normalized spacial score (nSPS) is 30.3. The Morgan fingerprint density at radius 3 is 2.86 bits per heavy atom. The SMILES string of the molecule is c1ccc2c(c1)OCCC2NCC1CCC2(CCCC2)O1. The summed E-state index contributed by atoms with van der Waals surface area (Å²) in [6.45, 7) is 1.78. The molecule has 1 saturated carbocycles. The van der Waals surface area contributed by atoms with Gasteiger partial charge in [0.1, 0.15) is 5.75 Å². The zero-order valence-corrected chi connectivity index (χ0v) is 12.6. The summed E-state index contributed by atoms with van der Waals surface area (Å²) in [6.07, 6.45) is 9.21. The van der Waals surface area contributed by atoms with Gasteiger partial charge < -0.3 is 14.8 Å². The van der Waals surface area contributed by atoms with Gasteiger partial charge in [0.15, 0.2) is 0 Å². The molecule has 0 bridgehead atoms. The predicted octanol–water partition coefficient (Wildman–Crippen LogP) is 3.59. The maximum absolute atomic E-state index is 6.40. The molecule has 1 N–H and O–H groups in total. The van der Waals surface area contributed by atoms with Crippen LogP contribution in [-0.2, 0) is 4.74 Å². The lowest BCUT2D eigenvalue weighted by molar-refractivity contribution is -0.0362. The van der Waals surface area contributed by atoms with E-state index >= 15 is 0 Å². The molecule has 1 saturated heterocycles. The van der Waals surface area contributed by atoms with Crippen LogP contribution in [-0.4, -0.2) is 24.9 Å². The zero-order chi connectivity index (χ0) is 14.1. The van der Waals surface area contributed by atoms with Crippen molar-refractivity contribution < 1.29 is 9.47 Å². The quantitative estimate of drug-likeness (QED) is 0.921.